The highest BCUT2D eigenvalue weighted by Crippen LogP contribution is 2.33. The zero-order chi connectivity index (χ0) is 12.3. The summed E-state index contributed by atoms with van der Waals surface area (Å²) >= 11 is 0. The first-order valence-corrected chi connectivity index (χ1v) is 6.50. The third kappa shape index (κ3) is 2.77. The van der Waals surface area contributed by atoms with E-state index < -0.39 is 0 Å². The Morgan fingerprint density at radius 3 is 2.59 bits per heavy atom. The summed E-state index contributed by atoms with van der Waals surface area (Å²) in [5.74, 6) is 0.543. The molecule has 2 rings (SSSR count). The molecule has 1 heterocycles. The summed E-state index contributed by atoms with van der Waals surface area (Å²) in [6.07, 6.45) is 5.01. The summed E-state index contributed by atoms with van der Waals surface area (Å²) < 4.78 is 11.2. The van der Waals surface area contributed by atoms with Crippen LogP contribution in [0, 0.1) is 10.8 Å². The van der Waals surface area contributed by atoms with Crippen LogP contribution in [0.2, 0.25) is 0 Å². The maximum atomic E-state index is 10.7. The quantitative estimate of drug-likeness (QED) is 0.710. The van der Waals surface area contributed by atoms with Gasteiger partial charge in [0.05, 0.1) is 36.7 Å². The number of nitrogens with zero attached hydrogens (tertiary/aromatic N) is 2. The second kappa shape index (κ2) is 5.78. The van der Waals surface area contributed by atoms with Gasteiger partial charge in [-0.1, -0.05) is 0 Å². The Labute approximate surface area is 102 Å². The Hall–Kier alpha value is -0.680. The average Bonchev–Trinajstić information content (AvgIpc) is 2.39. The Balaban J connectivity index is 1.91. The van der Waals surface area contributed by atoms with Gasteiger partial charge in [0.15, 0.2) is 0 Å². The first-order chi connectivity index (χ1) is 8.26. The van der Waals surface area contributed by atoms with Gasteiger partial charge in [-0.2, -0.15) is 0 Å². The molecule has 0 spiro atoms. The van der Waals surface area contributed by atoms with Crippen molar-refractivity contribution in [2.45, 2.75) is 50.9 Å². The second-order valence-electron chi connectivity index (χ2n) is 5.09. The highest BCUT2D eigenvalue weighted by atomic mass is 16.5. The lowest BCUT2D eigenvalue weighted by Crippen LogP contribution is -2.50. The van der Waals surface area contributed by atoms with Crippen LogP contribution in [0.15, 0.2) is 5.29 Å². The zero-order valence-corrected chi connectivity index (χ0v) is 10.7. The van der Waals surface area contributed by atoms with E-state index in [4.69, 9.17) is 9.47 Å². The van der Waals surface area contributed by atoms with E-state index in [1.165, 1.54) is 0 Å². The van der Waals surface area contributed by atoms with E-state index in [0.29, 0.717) is 25.2 Å². The van der Waals surface area contributed by atoms with E-state index in [9.17, 15) is 4.91 Å². The predicted octanol–water partition coefficient (Wildman–Crippen LogP) is 1.96. The molecule has 0 bridgehead atoms. The van der Waals surface area contributed by atoms with Crippen LogP contribution in [-0.2, 0) is 9.47 Å². The molecule has 0 radical (unpaired) electrons. The molecule has 2 aliphatic rings. The lowest BCUT2D eigenvalue weighted by atomic mass is 9.81. The van der Waals surface area contributed by atoms with Crippen LogP contribution in [0.3, 0.4) is 0 Å². The lowest BCUT2D eigenvalue weighted by molar-refractivity contribution is -0.104. The minimum Gasteiger partial charge on any atom is -0.381 e. The van der Waals surface area contributed by atoms with Gasteiger partial charge in [0.2, 0.25) is 0 Å². The van der Waals surface area contributed by atoms with Gasteiger partial charge in [-0.15, -0.1) is 4.91 Å². The minimum absolute atomic E-state index is 0.102. The van der Waals surface area contributed by atoms with E-state index >= 15 is 0 Å². The van der Waals surface area contributed by atoms with E-state index in [2.05, 4.69) is 5.29 Å². The summed E-state index contributed by atoms with van der Waals surface area (Å²) in [6, 6.07) is 0.102. The van der Waals surface area contributed by atoms with Gasteiger partial charge in [-0.05, 0) is 38.5 Å². The molecule has 0 amide bonds. The monoisotopic (exact) mass is 242 g/mol. The summed E-state index contributed by atoms with van der Waals surface area (Å²) in [5.41, 5.74) is 0. The highest BCUT2D eigenvalue weighted by Gasteiger charge is 2.36. The number of ether oxygens (including phenoxy) is 2. The van der Waals surface area contributed by atoms with Crippen molar-refractivity contribution in [2.24, 2.45) is 11.2 Å². The minimum atomic E-state index is 0.102. The molecular formula is C12H22N2O3. The number of nitroso groups, excluding NO2 is 1. The number of hydrogen-bond donors (Lipinski definition) is 0. The molecule has 1 aliphatic carbocycles. The van der Waals surface area contributed by atoms with Crippen LogP contribution in [0.4, 0.5) is 0 Å². The third-order valence-corrected chi connectivity index (χ3v) is 4.20. The highest BCUT2D eigenvalue weighted by molar-refractivity contribution is 4.87. The second-order valence-corrected chi connectivity index (χ2v) is 5.09. The van der Waals surface area contributed by atoms with Gasteiger partial charge < -0.3 is 9.47 Å². The maximum absolute atomic E-state index is 10.7. The Morgan fingerprint density at radius 2 is 2.00 bits per heavy atom. The fourth-order valence-corrected chi connectivity index (χ4v) is 3.09. The standard InChI is InChI=1S/C12H22N2O3/c1-9-12(17-8-7-14(9)13-15)10-3-5-11(16-2)6-4-10/h9-12H,3-8H2,1-2H3. The van der Waals surface area contributed by atoms with Gasteiger partial charge >= 0.3 is 0 Å². The predicted molar refractivity (Wildman–Crippen MR) is 64.5 cm³/mol. The maximum Gasteiger partial charge on any atom is 0.0822 e. The molecule has 0 aromatic carbocycles. The van der Waals surface area contributed by atoms with E-state index in [-0.39, 0.29) is 12.1 Å². The van der Waals surface area contributed by atoms with Crippen molar-refractivity contribution in [3.8, 4) is 0 Å². The first kappa shape index (κ1) is 12.8. The topological polar surface area (TPSA) is 51.1 Å². The molecular weight excluding hydrogens is 220 g/mol. The van der Waals surface area contributed by atoms with Crippen molar-refractivity contribution in [3.63, 3.8) is 0 Å². The van der Waals surface area contributed by atoms with Crippen molar-refractivity contribution >= 4 is 0 Å². The largest absolute Gasteiger partial charge is 0.381 e. The molecule has 1 saturated heterocycles. The van der Waals surface area contributed by atoms with E-state index in [0.717, 1.165) is 25.7 Å². The van der Waals surface area contributed by atoms with Gasteiger partial charge in [0, 0.05) is 7.11 Å². The fourth-order valence-electron chi connectivity index (χ4n) is 3.09. The summed E-state index contributed by atoms with van der Waals surface area (Å²) in [4.78, 5) is 10.7. The third-order valence-electron chi connectivity index (χ3n) is 4.20. The van der Waals surface area contributed by atoms with Gasteiger partial charge in [-0.3, -0.25) is 5.01 Å². The molecule has 98 valence electrons. The van der Waals surface area contributed by atoms with Crippen LogP contribution in [0.1, 0.15) is 32.6 Å². The molecule has 2 unspecified atom stereocenters. The molecule has 2 atom stereocenters. The van der Waals surface area contributed by atoms with E-state index in [1.54, 1.807) is 12.1 Å². The van der Waals surface area contributed by atoms with Crippen LogP contribution in [0.25, 0.3) is 0 Å². The number of methoxy groups -OCH3 is 1. The van der Waals surface area contributed by atoms with Gasteiger partial charge in [0.25, 0.3) is 0 Å². The first-order valence-electron chi connectivity index (χ1n) is 6.50. The summed E-state index contributed by atoms with van der Waals surface area (Å²) in [6.45, 7) is 3.27. The smallest absolute Gasteiger partial charge is 0.0822 e. The number of morpholine rings is 1. The molecule has 0 aromatic heterocycles. The number of rotatable bonds is 3. The average molecular weight is 242 g/mol. The molecule has 5 heteroatoms. The van der Waals surface area contributed by atoms with Crippen molar-refractivity contribution in [3.05, 3.63) is 4.91 Å². The van der Waals surface area contributed by atoms with Crippen LogP contribution in [0.5, 0.6) is 0 Å². The van der Waals surface area contributed by atoms with Crippen LogP contribution < -0.4 is 0 Å². The zero-order valence-electron chi connectivity index (χ0n) is 10.7. The van der Waals surface area contributed by atoms with Crippen LogP contribution >= 0.6 is 0 Å². The molecule has 17 heavy (non-hydrogen) atoms. The van der Waals surface area contributed by atoms with Crippen LogP contribution in [-0.4, -0.2) is 43.5 Å². The summed E-state index contributed by atoms with van der Waals surface area (Å²) in [5, 5.41) is 4.70. The Kier molecular flexibility index (Phi) is 4.34. The molecule has 1 aliphatic heterocycles. The van der Waals surface area contributed by atoms with E-state index in [1.807, 2.05) is 6.92 Å². The molecule has 0 aromatic rings. The van der Waals surface area contributed by atoms with Crippen molar-refractivity contribution in [1.29, 1.82) is 0 Å². The Morgan fingerprint density at radius 1 is 1.29 bits per heavy atom. The SMILES string of the molecule is COC1CCC(C2OCCN(N=O)C2C)CC1. The molecule has 1 saturated carbocycles. The van der Waals surface area contributed by atoms with Gasteiger partial charge in [0.1, 0.15) is 0 Å². The number of hydrogen-bond acceptors (Lipinski definition) is 4. The molecule has 0 N–H and O–H groups in total. The van der Waals surface area contributed by atoms with Crippen molar-refractivity contribution in [2.75, 3.05) is 20.3 Å². The fraction of sp³-hybridized carbons (Fsp3) is 1.00. The normalized spacial score (nSPS) is 39.1. The Bertz CT molecular complexity index is 254. The lowest BCUT2D eigenvalue weighted by Gasteiger charge is -2.41. The van der Waals surface area contributed by atoms with Gasteiger partial charge in [-0.25, -0.2) is 0 Å². The van der Waals surface area contributed by atoms with Crippen molar-refractivity contribution in [1.82, 2.24) is 5.01 Å². The summed E-state index contributed by atoms with van der Waals surface area (Å²) in [7, 11) is 1.78. The van der Waals surface area contributed by atoms with Crippen molar-refractivity contribution < 1.29 is 9.47 Å². The molecule has 2 fully saturated rings. The molecule has 5 nitrogen and oxygen atoms in total.